The summed E-state index contributed by atoms with van der Waals surface area (Å²) in [5.41, 5.74) is -0.660. The number of aliphatic hydroxyl groups is 1. The van der Waals surface area contributed by atoms with Gasteiger partial charge >= 0.3 is 5.97 Å². The molecule has 0 bridgehead atoms. The van der Waals surface area contributed by atoms with Crippen LogP contribution >= 0.6 is 0 Å². The van der Waals surface area contributed by atoms with E-state index in [1.807, 2.05) is 13.8 Å². The Labute approximate surface area is 92.0 Å². The Morgan fingerprint density at radius 1 is 1.53 bits per heavy atom. The summed E-state index contributed by atoms with van der Waals surface area (Å²) in [5, 5.41) is 12.4. The molecule has 4 nitrogen and oxygen atoms in total. The van der Waals surface area contributed by atoms with E-state index >= 15 is 0 Å². The van der Waals surface area contributed by atoms with E-state index in [0.29, 0.717) is 6.42 Å². The predicted molar refractivity (Wildman–Crippen MR) is 59.6 cm³/mol. The number of hydrogen-bond donors (Lipinski definition) is 2. The van der Waals surface area contributed by atoms with Crippen molar-refractivity contribution in [1.29, 1.82) is 0 Å². The van der Waals surface area contributed by atoms with Crippen LogP contribution in [0.15, 0.2) is 0 Å². The van der Waals surface area contributed by atoms with Crippen molar-refractivity contribution in [3.05, 3.63) is 0 Å². The first-order valence-corrected chi connectivity index (χ1v) is 5.60. The fourth-order valence-electron chi connectivity index (χ4n) is 1.96. The van der Waals surface area contributed by atoms with Gasteiger partial charge in [0.2, 0.25) is 0 Å². The summed E-state index contributed by atoms with van der Waals surface area (Å²) in [6.07, 6.45) is 2.45. The minimum atomic E-state index is -0.660. The van der Waals surface area contributed by atoms with E-state index in [1.54, 1.807) is 7.05 Å². The number of rotatable bonds is 2. The summed E-state index contributed by atoms with van der Waals surface area (Å²) < 4.78 is 4.72. The molecule has 1 aliphatic carbocycles. The number of hydrogen-bond acceptors (Lipinski definition) is 4. The van der Waals surface area contributed by atoms with E-state index in [1.165, 1.54) is 7.11 Å². The van der Waals surface area contributed by atoms with Crippen molar-refractivity contribution in [2.45, 2.75) is 51.2 Å². The molecule has 1 saturated carbocycles. The van der Waals surface area contributed by atoms with Gasteiger partial charge in [-0.05, 0) is 26.3 Å². The Balaban J connectivity index is 0.000000921. The van der Waals surface area contributed by atoms with Gasteiger partial charge in [0.05, 0.1) is 13.2 Å². The van der Waals surface area contributed by atoms with Gasteiger partial charge in [-0.15, -0.1) is 0 Å². The molecule has 2 atom stereocenters. The number of nitrogens with one attached hydrogen (secondary N) is 1. The molecule has 0 aliphatic heterocycles. The van der Waals surface area contributed by atoms with Gasteiger partial charge in [0.15, 0.2) is 0 Å². The topological polar surface area (TPSA) is 58.6 Å². The minimum absolute atomic E-state index is 0.270. The van der Waals surface area contributed by atoms with E-state index in [0.717, 1.165) is 19.3 Å². The van der Waals surface area contributed by atoms with Gasteiger partial charge in [-0.1, -0.05) is 13.8 Å². The van der Waals surface area contributed by atoms with Crippen molar-refractivity contribution in [2.75, 3.05) is 14.2 Å². The first-order valence-electron chi connectivity index (χ1n) is 5.60. The smallest absolute Gasteiger partial charge is 0.326 e. The zero-order valence-corrected chi connectivity index (χ0v) is 10.2. The highest BCUT2D eigenvalue weighted by atomic mass is 16.5. The Morgan fingerprint density at radius 2 is 2.13 bits per heavy atom. The average Bonchev–Trinajstić information content (AvgIpc) is 2.30. The zero-order valence-electron chi connectivity index (χ0n) is 10.2. The minimum Gasteiger partial charge on any atom is -0.468 e. The summed E-state index contributed by atoms with van der Waals surface area (Å²) in [4.78, 5) is 11.5. The lowest BCUT2D eigenvalue weighted by atomic mass is 9.80. The Bertz CT molecular complexity index is 196. The molecule has 90 valence electrons. The summed E-state index contributed by atoms with van der Waals surface area (Å²) >= 11 is 0. The summed E-state index contributed by atoms with van der Waals surface area (Å²) in [6.45, 7) is 4.00. The van der Waals surface area contributed by atoms with Crippen LogP contribution in [-0.4, -0.2) is 36.9 Å². The van der Waals surface area contributed by atoms with Crippen molar-refractivity contribution in [2.24, 2.45) is 0 Å². The summed E-state index contributed by atoms with van der Waals surface area (Å²) in [6, 6.07) is 0. The third-order valence-corrected chi connectivity index (χ3v) is 2.78. The van der Waals surface area contributed by atoms with Gasteiger partial charge < -0.3 is 15.2 Å². The lowest BCUT2D eigenvalue weighted by Crippen LogP contribution is -2.54. The fraction of sp³-hybridized carbons (Fsp3) is 0.909. The number of carbonyl (C=O) groups excluding carboxylic acids is 1. The van der Waals surface area contributed by atoms with Crippen LogP contribution in [0.25, 0.3) is 0 Å². The standard InChI is InChI=1S/C9H17NO3.C2H6/c1-10-9(8(12)13-2)5-3-4-7(11)6-9;1-2/h7,10-11H,3-6H2,1-2H3;1-2H3. The second-order valence-electron chi connectivity index (χ2n) is 3.57. The van der Waals surface area contributed by atoms with Gasteiger partial charge in [0, 0.05) is 6.42 Å². The molecule has 0 aromatic heterocycles. The molecule has 0 amide bonds. The highest BCUT2D eigenvalue weighted by Gasteiger charge is 2.42. The van der Waals surface area contributed by atoms with Gasteiger partial charge in [0.1, 0.15) is 5.54 Å². The first-order chi connectivity index (χ1) is 7.14. The second-order valence-corrected chi connectivity index (χ2v) is 3.57. The fourth-order valence-corrected chi connectivity index (χ4v) is 1.96. The Kier molecular flexibility index (Phi) is 6.52. The normalized spacial score (nSPS) is 30.1. The molecule has 1 rings (SSSR count). The molecule has 4 heteroatoms. The number of ether oxygens (including phenoxy) is 1. The second kappa shape index (κ2) is 6.80. The van der Waals surface area contributed by atoms with Gasteiger partial charge in [-0.3, -0.25) is 4.79 Å². The third-order valence-electron chi connectivity index (χ3n) is 2.78. The van der Waals surface area contributed by atoms with Crippen LogP contribution in [0.5, 0.6) is 0 Å². The van der Waals surface area contributed by atoms with Gasteiger partial charge in [-0.2, -0.15) is 0 Å². The molecule has 0 saturated heterocycles. The van der Waals surface area contributed by atoms with E-state index in [4.69, 9.17) is 4.74 Å². The summed E-state index contributed by atoms with van der Waals surface area (Å²) in [7, 11) is 3.11. The van der Waals surface area contributed by atoms with Crippen molar-refractivity contribution in [3.63, 3.8) is 0 Å². The molecule has 15 heavy (non-hydrogen) atoms. The molecule has 2 N–H and O–H groups in total. The van der Waals surface area contributed by atoms with Crippen molar-refractivity contribution in [3.8, 4) is 0 Å². The zero-order chi connectivity index (χ0) is 11.9. The number of likely N-dealkylation sites (N-methyl/N-ethyl adjacent to an activating group) is 1. The molecule has 1 aliphatic rings. The van der Waals surface area contributed by atoms with Crippen molar-refractivity contribution >= 4 is 5.97 Å². The number of carbonyl (C=O) groups is 1. The molecular formula is C11H23NO3. The van der Waals surface area contributed by atoms with E-state index in [-0.39, 0.29) is 12.1 Å². The van der Waals surface area contributed by atoms with Crippen LogP contribution in [0.4, 0.5) is 0 Å². The lowest BCUT2D eigenvalue weighted by Gasteiger charge is -2.36. The maximum Gasteiger partial charge on any atom is 0.326 e. The van der Waals surface area contributed by atoms with Crippen LogP contribution in [0.3, 0.4) is 0 Å². The van der Waals surface area contributed by atoms with Gasteiger partial charge in [-0.25, -0.2) is 0 Å². The largest absolute Gasteiger partial charge is 0.468 e. The van der Waals surface area contributed by atoms with E-state index in [2.05, 4.69) is 5.32 Å². The Hall–Kier alpha value is -0.610. The molecule has 1 fully saturated rings. The molecule has 0 radical (unpaired) electrons. The molecule has 0 aromatic rings. The molecule has 0 aromatic carbocycles. The highest BCUT2D eigenvalue weighted by Crippen LogP contribution is 2.29. The lowest BCUT2D eigenvalue weighted by molar-refractivity contribution is -0.151. The summed E-state index contributed by atoms with van der Waals surface area (Å²) in [5.74, 6) is -0.270. The maximum atomic E-state index is 11.5. The molecule has 0 heterocycles. The van der Waals surface area contributed by atoms with Crippen LogP contribution in [0, 0.1) is 0 Å². The predicted octanol–water partition coefficient (Wildman–Crippen LogP) is 1.08. The Morgan fingerprint density at radius 3 is 2.53 bits per heavy atom. The average molecular weight is 217 g/mol. The monoisotopic (exact) mass is 217 g/mol. The maximum absolute atomic E-state index is 11.5. The number of aliphatic hydroxyl groups excluding tert-OH is 1. The highest BCUT2D eigenvalue weighted by molar-refractivity contribution is 5.80. The number of esters is 1. The van der Waals surface area contributed by atoms with Crippen molar-refractivity contribution in [1.82, 2.24) is 5.32 Å². The van der Waals surface area contributed by atoms with Crippen LogP contribution < -0.4 is 5.32 Å². The van der Waals surface area contributed by atoms with Crippen molar-refractivity contribution < 1.29 is 14.6 Å². The van der Waals surface area contributed by atoms with E-state index < -0.39 is 5.54 Å². The van der Waals surface area contributed by atoms with Gasteiger partial charge in [0.25, 0.3) is 0 Å². The third kappa shape index (κ3) is 3.47. The van der Waals surface area contributed by atoms with Crippen LogP contribution in [-0.2, 0) is 9.53 Å². The number of methoxy groups -OCH3 is 1. The first kappa shape index (κ1) is 14.4. The van der Waals surface area contributed by atoms with Crippen LogP contribution in [0.1, 0.15) is 39.5 Å². The quantitative estimate of drug-likeness (QED) is 0.680. The van der Waals surface area contributed by atoms with E-state index in [9.17, 15) is 9.90 Å². The molecule has 2 unspecified atom stereocenters. The SMILES string of the molecule is CC.CNC1(C(=O)OC)CCCC(O)C1. The van der Waals surface area contributed by atoms with Crippen LogP contribution in [0.2, 0.25) is 0 Å². The molecular weight excluding hydrogens is 194 g/mol. The molecule has 0 spiro atoms.